The SMILES string of the molecule is C=CCOc1cccc(NC(=O)C(CC)Oc2cccc(C)c2)c1. The Hall–Kier alpha value is -2.75. The molecule has 0 saturated carbocycles. The fourth-order valence-corrected chi connectivity index (χ4v) is 2.22. The fourth-order valence-electron chi connectivity index (χ4n) is 2.22. The van der Waals surface area contributed by atoms with Gasteiger partial charge in [0.15, 0.2) is 6.10 Å². The number of hydrogen-bond acceptors (Lipinski definition) is 3. The minimum atomic E-state index is -0.551. The summed E-state index contributed by atoms with van der Waals surface area (Å²) >= 11 is 0. The Labute approximate surface area is 143 Å². The first kappa shape index (κ1) is 17.6. The molecule has 0 aliphatic rings. The van der Waals surface area contributed by atoms with Gasteiger partial charge in [-0.1, -0.05) is 37.8 Å². The third kappa shape index (κ3) is 5.16. The Morgan fingerprint density at radius 1 is 1.21 bits per heavy atom. The van der Waals surface area contributed by atoms with Crippen LogP contribution in [0.5, 0.6) is 11.5 Å². The van der Waals surface area contributed by atoms with E-state index in [9.17, 15) is 4.79 Å². The number of anilines is 1. The molecular formula is C20H23NO3. The van der Waals surface area contributed by atoms with E-state index >= 15 is 0 Å². The molecule has 1 atom stereocenters. The van der Waals surface area contributed by atoms with Crippen LogP contribution in [0.3, 0.4) is 0 Å². The number of carbonyl (C=O) groups is 1. The first-order valence-corrected chi connectivity index (χ1v) is 8.00. The van der Waals surface area contributed by atoms with Gasteiger partial charge in [0.05, 0.1) is 0 Å². The summed E-state index contributed by atoms with van der Waals surface area (Å²) in [5.41, 5.74) is 1.77. The monoisotopic (exact) mass is 325 g/mol. The van der Waals surface area contributed by atoms with E-state index in [0.29, 0.717) is 30.2 Å². The Kier molecular flexibility index (Phi) is 6.43. The minimum absolute atomic E-state index is 0.181. The van der Waals surface area contributed by atoms with Crippen LogP contribution in [-0.2, 0) is 4.79 Å². The van der Waals surface area contributed by atoms with Crippen molar-refractivity contribution in [2.45, 2.75) is 26.4 Å². The normalized spacial score (nSPS) is 11.4. The summed E-state index contributed by atoms with van der Waals surface area (Å²) in [6, 6.07) is 14.9. The summed E-state index contributed by atoms with van der Waals surface area (Å²) in [5.74, 6) is 1.19. The summed E-state index contributed by atoms with van der Waals surface area (Å²) in [6.45, 7) is 7.95. The molecule has 0 fully saturated rings. The van der Waals surface area contributed by atoms with Gasteiger partial charge in [0, 0.05) is 11.8 Å². The van der Waals surface area contributed by atoms with Crippen LogP contribution in [0.2, 0.25) is 0 Å². The average Bonchev–Trinajstić information content (AvgIpc) is 2.58. The largest absolute Gasteiger partial charge is 0.489 e. The second kappa shape index (κ2) is 8.77. The molecule has 2 rings (SSSR count). The highest BCUT2D eigenvalue weighted by atomic mass is 16.5. The van der Waals surface area contributed by atoms with Crippen LogP contribution in [0.25, 0.3) is 0 Å². The van der Waals surface area contributed by atoms with E-state index < -0.39 is 6.10 Å². The summed E-state index contributed by atoms with van der Waals surface area (Å²) in [4.78, 5) is 12.5. The van der Waals surface area contributed by atoms with Crippen molar-refractivity contribution < 1.29 is 14.3 Å². The number of amides is 1. The quantitative estimate of drug-likeness (QED) is 0.734. The standard InChI is InChI=1S/C20H23NO3/c1-4-12-23-17-10-7-9-16(14-17)21-20(22)19(5-2)24-18-11-6-8-15(3)13-18/h4,6-11,13-14,19H,1,5,12H2,2-3H3,(H,21,22). The lowest BCUT2D eigenvalue weighted by Crippen LogP contribution is -2.32. The van der Waals surface area contributed by atoms with Gasteiger partial charge >= 0.3 is 0 Å². The maximum atomic E-state index is 12.5. The Morgan fingerprint density at radius 2 is 1.96 bits per heavy atom. The second-order valence-corrected chi connectivity index (χ2v) is 5.45. The molecule has 2 aromatic rings. The van der Waals surface area contributed by atoms with Crippen LogP contribution in [-0.4, -0.2) is 18.6 Å². The van der Waals surface area contributed by atoms with Gasteiger partial charge < -0.3 is 14.8 Å². The average molecular weight is 325 g/mol. The van der Waals surface area contributed by atoms with Gasteiger partial charge in [-0.25, -0.2) is 0 Å². The number of carbonyl (C=O) groups excluding carboxylic acids is 1. The number of ether oxygens (including phenoxy) is 2. The maximum absolute atomic E-state index is 12.5. The molecule has 0 heterocycles. The molecule has 4 heteroatoms. The summed E-state index contributed by atoms with van der Waals surface area (Å²) < 4.78 is 11.3. The van der Waals surface area contributed by atoms with E-state index in [-0.39, 0.29) is 5.91 Å². The van der Waals surface area contributed by atoms with Crippen molar-refractivity contribution in [1.29, 1.82) is 0 Å². The van der Waals surface area contributed by atoms with Crippen molar-refractivity contribution in [1.82, 2.24) is 0 Å². The number of hydrogen-bond donors (Lipinski definition) is 1. The Balaban J connectivity index is 2.02. The number of aryl methyl sites for hydroxylation is 1. The molecule has 1 N–H and O–H groups in total. The number of nitrogens with one attached hydrogen (secondary N) is 1. The lowest BCUT2D eigenvalue weighted by atomic mass is 10.2. The van der Waals surface area contributed by atoms with E-state index in [2.05, 4.69) is 11.9 Å². The van der Waals surface area contributed by atoms with E-state index in [1.807, 2.05) is 56.3 Å². The molecule has 1 unspecified atom stereocenters. The predicted octanol–water partition coefficient (Wildman–Crippen LogP) is 4.36. The fraction of sp³-hybridized carbons (Fsp3) is 0.250. The van der Waals surface area contributed by atoms with E-state index in [1.165, 1.54) is 0 Å². The highest BCUT2D eigenvalue weighted by Crippen LogP contribution is 2.19. The molecule has 24 heavy (non-hydrogen) atoms. The number of rotatable bonds is 8. The first-order chi connectivity index (χ1) is 11.6. The highest BCUT2D eigenvalue weighted by Gasteiger charge is 2.18. The molecule has 0 bridgehead atoms. The van der Waals surface area contributed by atoms with Crippen LogP contribution in [0.4, 0.5) is 5.69 Å². The van der Waals surface area contributed by atoms with Crippen molar-refractivity contribution in [3.63, 3.8) is 0 Å². The van der Waals surface area contributed by atoms with Crippen molar-refractivity contribution in [2.24, 2.45) is 0 Å². The first-order valence-electron chi connectivity index (χ1n) is 8.00. The van der Waals surface area contributed by atoms with Crippen molar-refractivity contribution in [2.75, 3.05) is 11.9 Å². The van der Waals surface area contributed by atoms with E-state index in [0.717, 1.165) is 5.56 Å². The molecular weight excluding hydrogens is 302 g/mol. The zero-order chi connectivity index (χ0) is 17.4. The molecule has 0 saturated heterocycles. The Bertz CT molecular complexity index is 697. The highest BCUT2D eigenvalue weighted by molar-refractivity contribution is 5.94. The summed E-state index contributed by atoms with van der Waals surface area (Å²) in [5, 5.41) is 2.87. The third-order valence-corrected chi connectivity index (χ3v) is 3.40. The molecule has 126 valence electrons. The smallest absolute Gasteiger partial charge is 0.265 e. The molecule has 0 aliphatic heterocycles. The zero-order valence-electron chi connectivity index (χ0n) is 14.1. The Morgan fingerprint density at radius 3 is 2.67 bits per heavy atom. The van der Waals surface area contributed by atoms with Crippen LogP contribution >= 0.6 is 0 Å². The zero-order valence-corrected chi connectivity index (χ0v) is 14.1. The van der Waals surface area contributed by atoms with E-state index in [1.54, 1.807) is 12.1 Å². The van der Waals surface area contributed by atoms with Crippen molar-refractivity contribution in [3.8, 4) is 11.5 Å². The molecule has 0 spiro atoms. The van der Waals surface area contributed by atoms with Gasteiger partial charge in [0.25, 0.3) is 5.91 Å². The van der Waals surface area contributed by atoms with Gasteiger partial charge in [0.2, 0.25) is 0 Å². The van der Waals surface area contributed by atoms with Gasteiger partial charge in [-0.15, -0.1) is 0 Å². The van der Waals surface area contributed by atoms with Gasteiger partial charge in [0.1, 0.15) is 18.1 Å². The van der Waals surface area contributed by atoms with Crippen LogP contribution in [0.1, 0.15) is 18.9 Å². The molecule has 2 aromatic carbocycles. The van der Waals surface area contributed by atoms with Gasteiger partial charge in [-0.2, -0.15) is 0 Å². The second-order valence-electron chi connectivity index (χ2n) is 5.45. The topological polar surface area (TPSA) is 47.6 Å². The third-order valence-electron chi connectivity index (χ3n) is 3.40. The van der Waals surface area contributed by atoms with Crippen molar-refractivity contribution >= 4 is 11.6 Å². The van der Waals surface area contributed by atoms with Crippen LogP contribution < -0.4 is 14.8 Å². The predicted molar refractivity (Wildman–Crippen MR) is 96.6 cm³/mol. The van der Waals surface area contributed by atoms with Crippen molar-refractivity contribution in [3.05, 3.63) is 66.7 Å². The molecule has 0 aromatic heterocycles. The van der Waals surface area contributed by atoms with Crippen LogP contribution in [0, 0.1) is 6.92 Å². The maximum Gasteiger partial charge on any atom is 0.265 e. The molecule has 0 aliphatic carbocycles. The molecule has 4 nitrogen and oxygen atoms in total. The molecule has 0 radical (unpaired) electrons. The minimum Gasteiger partial charge on any atom is -0.489 e. The lowest BCUT2D eigenvalue weighted by molar-refractivity contribution is -0.122. The lowest BCUT2D eigenvalue weighted by Gasteiger charge is -2.18. The summed E-state index contributed by atoms with van der Waals surface area (Å²) in [6.07, 6.45) is 1.70. The van der Waals surface area contributed by atoms with Crippen LogP contribution in [0.15, 0.2) is 61.2 Å². The van der Waals surface area contributed by atoms with Gasteiger partial charge in [-0.3, -0.25) is 4.79 Å². The summed E-state index contributed by atoms with van der Waals surface area (Å²) in [7, 11) is 0. The number of benzene rings is 2. The van der Waals surface area contributed by atoms with E-state index in [4.69, 9.17) is 9.47 Å². The molecule has 1 amide bonds. The van der Waals surface area contributed by atoms with Gasteiger partial charge in [-0.05, 0) is 43.2 Å².